The number of allylic oxidation sites excluding steroid dienone is 8. The Labute approximate surface area is 473 Å². The molecule has 0 N–H and O–H groups in total. The van der Waals surface area contributed by atoms with Crippen LogP contribution in [0.2, 0.25) is 0 Å². The van der Waals surface area contributed by atoms with Gasteiger partial charge in [-0.15, -0.1) is 0 Å². The molecular weight excluding hydrogens is 937 g/mol. The van der Waals surface area contributed by atoms with E-state index in [0.717, 1.165) is 83.5 Å². The van der Waals surface area contributed by atoms with Crippen LogP contribution in [0.15, 0.2) is 48.6 Å². The molecule has 0 aliphatic carbocycles. The molecule has 0 radical (unpaired) electrons. The Balaban J connectivity index is 4.27. The van der Waals surface area contributed by atoms with Gasteiger partial charge in [0, 0.05) is 19.3 Å². The summed E-state index contributed by atoms with van der Waals surface area (Å²) in [4.78, 5) is 38.4. The van der Waals surface area contributed by atoms with Gasteiger partial charge in [-0.25, -0.2) is 0 Å². The van der Waals surface area contributed by atoms with Crippen molar-refractivity contribution in [2.45, 2.75) is 367 Å². The molecule has 0 aliphatic heterocycles. The van der Waals surface area contributed by atoms with Crippen LogP contribution in [0.25, 0.3) is 0 Å². The number of hydrogen-bond donors (Lipinski definition) is 0. The highest BCUT2D eigenvalue weighted by molar-refractivity contribution is 5.71. The van der Waals surface area contributed by atoms with E-state index in [2.05, 4.69) is 69.4 Å². The third-order valence-electron chi connectivity index (χ3n) is 15.1. The molecule has 0 aromatic carbocycles. The topological polar surface area (TPSA) is 78.9 Å². The van der Waals surface area contributed by atoms with Crippen LogP contribution >= 0.6 is 0 Å². The number of rotatable bonds is 62. The van der Waals surface area contributed by atoms with E-state index in [1.807, 2.05) is 0 Å². The Kier molecular flexibility index (Phi) is 62.6. The molecule has 76 heavy (non-hydrogen) atoms. The maximum atomic E-state index is 12.9. The Morgan fingerprint density at radius 2 is 0.513 bits per heavy atom. The first-order valence-corrected chi connectivity index (χ1v) is 33.6. The first-order chi connectivity index (χ1) is 37.5. The third kappa shape index (κ3) is 62.2. The van der Waals surface area contributed by atoms with Crippen molar-refractivity contribution in [3.05, 3.63) is 48.6 Å². The van der Waals surface area contributed by atoms with Crippen molar-refractivity contribution < 1.29 is 28.6 Å². The quantitative estimate of drug-likeness (QED) is 0.0261. The number of carbonyl (C=O) groups is 3. The van der Waals surface area contributed by atoms with Gasteiger partial charge in [-0.2, -0.15) is 0 Å². The summed E-state index contributed by atoms with van der Waals surface area (Å²) < 4.78 is 17.0. The summed E-state index contributed by atoms with van der Waals surface area (Å²) >= 11 is 0. The van der Waals surface area contributed by atoms with Crippen molar-refractivity contribution in [2.24, 2.45) is 0 Å². The Hall–Kier alpha value is -2.63. The van der Waals surface area contributed by atoms with Crippen LogP contribution in [-0.2, 0) is 28.6 Å². The summed E-state index contributed by atoms with van der Waals surface area (Å²) in [5, 5.41) is 0. The summed E-state index contributed by atoms with van der Waals surface area (Å²) in [6.07, 6.45) is 81.3. The van der Waals surface area contributed by atoms with Crippen LogP contribution < -0.4 is 0 Å². The van der Waals surface area contributed by atoms with E-state index >= 15 is 0 Å². The molecule has 0 heterocycles. The van der Waals surface area contributed by atoms with Crippen molar-refractivity contribution >= 4 is 17.9 Å². The normalized spacial score (nSPS) is 12.3. The molecule has 0 aromatic heterocycles. The standard InChI is InChI=1S/C70H128O6/c1-4-7-10-13-16-19-22-25-27-29-31-33-35-37-38-40-42-45-48-51-54-57-60-63-69(72)75-66-67(65-74-68(71)62-59-56-53-50-47-44-24-21-18-15-12-9-6-3)76-70(73)64-61-58-55-52-49-46-43-41-39-36-34-32-30-28-26-23-20-17-14-11-8-5-2/h7,10,16,19,25,27,31,33,67H,4-6,8-9,11-15,17-18,20-24,26,28-30,32,34-66H2,1-3H3/b10-7-,19-16-,27-25-,33-31-. The molecule has 0 saturated heterocycles. The lowest BCUT2D eigenvalue weighted by molar-refractivity contribution is -0.167. The highest BCUT2D eigenvalue weighted by Gasteiger charge is 2.19. The second-order valence-electron chi connectivity index (χ2n) is 22.7. The van der Waals surface area contributed by atoms with Gasteiger partial charge in [0.2, 0.25) is 0 Å². The van der Waals surface area contributed by atoms with Gasteiger partial charge >= 0.3 is 17.9 Å². The zero-order chi connectivity index (χ0) is 55.0. The average Bonchev–Trinajstić information content (AvgIpc) is 3.42. The maximum absolute atomic E-state index is 12.9. The van der Waals surface area contributed by atoms with Gasteiger partial charge in [0.25, 0.3) is 0 Å². The van der Waals surface area contributed by atoms with Crippen LogP contribution in [0.5, 0.6) is 0 Å². The fraction of sp³-hybridized carbons (Fsp3) is 0.843. The fourth-order valence-corrected chi connectivity index (χ4v) is 10.1. The molecule has 0 aromatic rings. The number of carbonyl (C=O) groups excluding carboxylic acids is 3. The fourth-order valence-electron chi connectivity index (χ4n) is 10.1. The number of esters is 3. The molecule has 0 bridgehead atoms. The zero-order valence-corrected chi connectivity index (χ0v) is 51.0. The minimum absolute atomic E-state index is 0.0685. The van der Waals surface area contributed by atoms with Crippen molar-refractivity contribution in [3.8, 4) is 0 Å². The van der Waals surface area contributed by atoms with Gasteiger partial charge in [-0.05, 0) is 57.8 Å². The van der Waals surface area contributed by atoms with Gasteiger partial charge in [-0.3, -0.25) is 14.4 Å². The molecule has 0 amide bonds. The van der Waals surface area contributed by atoms with Crippen LogP contribution in [0.1, 0.15) is 361 Å². The van der Waals surface area contributed by atoms with E-state index in [-0.39, 0.29) is 31.1 Å². The lowest BCUT2D eigenvalue weighted by atomic mass is 10.0. The van der Waals surface area contributed by atoms with Crippen LogP contribution in [-0.4, -0.2) is 37.2 Å². The Bertz CT molecular complexity index is 1310. The van der Waals surface area contributed by atoms with E-state index < -0.39 is 6.10 Å². The molecule has 444 valence electrons. The molecule has 1 unspecified atom stereocenters. The molecule has 0 saturated carbocycles. The summed E-state index contributed by atoms with van der Waals surface area (Å²) in [6.45, 7) is 6.59. The molecule has 6 heteroatoms. The Morgan fingerprint density at radius 1 is 0.276 bits per heavy atom. The first-order valence-electron chi connectivity index (χ1n) is 33.6. The third-order valence-corrected chi connectivity index (χ3v) is 15.1. The molecule has 0 fully saturated rings. The van der Waals surface area contributed by atoms with Crippen molar-refractivity contribution in [3.63, 3.8) is 0 Å². The van der Waals surface area contributed by atoms with E-state index in [1.54, 1.807) is 0 Å². The van der Waals surface area contributed by atoms with Gasteiger partial charge in [0.1, 0.15) is 13.2 Å². The lowest BCUT2D eigenvalue weighted by Gasteiger charge is -2.18. The average molecular weight is 1070 g/mol. The smallest absolute Gasteiger partial charge is 0.306 e. The minimum Gasteiger partial charge on any atom is -0.462 e. The molecule has 0 spiro atoms. The van der Waals surface area contributed by atoms with Gasteiger partial charge in [0.15, 0.2) is 6.10 Å². The monoisotopic (exact) mass is 1060 g/mol. The number of hydrogen-bond acceptors (Lipinski definition) is 6. The van der Waals surface area contributed by atoms with Gasteiger partial charge < -0.3 is 14.2 Å². The predicted molar refractivity (Wildman–Crippen MR) is 330 cm³/mol. The van der Waals surface area contributed by atoms with Crippen molar-refractivity contribution in [2.75, 3.05) is 13.2 Å². The highest BCUT2D eigenvalue weighted by atomic mass is 16.6. The number of ether oxygens (including phenoxy) is 3. The van der Waals surface area contributed by atoms with E-state index in [1.165, 1.54) is 238 Å². The zero-order valence-electron chi connectivity index (χ0n) is 51.0. The van der Waals surface area contributed by atoms with Crippen molar-refractivity contribution in [1.82, 2.24) is 0 Å². The van der Waals surface area contributed by atoms with E-state index in [0.29, 0.717) is 19.3 Å². The molecule has 6 nitrogen and oxygen atoms in total. The van der Waals surface area contributed by atoms with Gasteiger partial charge in [0.05, 0.1) is 0 Å². The van der Waals surface area contributed by atoms with Crippen LogP contribution in [0.3, 0.4) is 0 Å². The second-order valence-corrected chi connectivity index (χ2v) is 22.7. The molecule has 0 aliphatic rings. The first kappa shape index (κ1) is 73.4. The number of unbranched alkanes of at least 4 members (excludes halogenated alkanes) is 43. The summed E-state index contributed by atoms with van der Waals surface area (Å²) in [5.74, 6) is -0.847. The molecular formula is C70H128O6. The summed E-state index contributed by atoms with van der Waals surface area (Å²) in [7, 11) is 0. The molecule has 0 rings (SSSR count). The van der Waals surface area contributed by atoms with Crippen LogP contribution in [0, 0.1) is 0 Å². The maximum Gasteiger partial charge on any atom is 0.306 e. The van der Waals surface area contributed by atoms with E-state index in [4.69, 9.17) is 14.2 Å². The highest BCUT2D eigenvalue weighted by Crippen LogP contribution is 2.18. The second kappa shape index (κ2) is 64.9. The predicted octanol–water partition coefficient (Wildman–Crippen LogP) is 22.9. The van der Waals surface area contributed by atoms with Gasteiger partial charge in [-0.1, -0.05) is 333 Å². The minimum atomic E-state index is -0.772. The largest absolute Gasteiger partial charge is 0.462 e. The summed E-state index contributed by atoms with van der Waals surface area (Å²) in [6, 6.07) is 0. The van der Waals surface area contributed by atoms with E-state index in [9.17, 15) is 14.4 Å². The SMILES string of the molecule is CC/C=C\C/C=C\C/C=C\C/C=C\CCCCCCCCCCCCC(=O)OCC(COC(=O)CCCCCCCCCCCCCCC)OC(=O)CCCCCCCCCCCCCCCCCCCCCCCC. The molecule has 1 atom stereocenters. The lowest BCUT2D eigenvalue weighted by Crippen LogP contribution is -2.30. The summed E-state index contributed by atoms with van der Waals surface area (Å²) in [5.41, 5.74) is 0. The Morgan fingerprint density at radius 3 is 0.803 bits per heavy atom. The van der Waals surface area contributed by atoms with Crippen LogP contribution in [0.4, 0.5) is 0 Å². The van der Waals surface area contributed by atoms with Crippen molar-refractivity contribution in [1.29, 1.82) is 0 Å².